The Balaban J connectivity index is 1.80. The Bertz CT molecular complexity index is 316. The molecule has 5 nitrogen and oxygen atoms in total. The summed E-state index contributed by atoms with van der Waals surface area (Å²) in [5, 5.41) is 7.52. The van der Waals surface area contributed by atoms with Crippen molar-refractivity contribution in [3.63, 3.8) is 0 Å². The fourth-order valence-corrected chi connectivity index (χ4v) is 1.39. The number of ether oxygens (including phenoxy) is 3. The largest absolute Gasteiger partial charge is 0.474 e. The molecule has 1 aromatic rings. The van der Waals surface area contributed by atoms with Crippen LogP contribution in [0.4, 0.5) is 0 Å². The first kappa shape index (κ1) is 10.3. The lowest BCUT2D eigenvalue weighted by Crippen LogP contribution is -2.25. The van der Waals surface area contributed by atoms with E-state index in [1.54, 1.807) is 18.3 Å². The van der Waals surface area contributed by atoms with Gasteiger partial charge >= 0.3 is 0 Å². The normalized spacial score (nSPS) is 24.0. The summed E-state index contributed by atoms with van der Waals surface area (Å²) >= 11 is 0. The zero-order chi connectivity index (χ0) is 10.7. The van der Waals surface area contributed by atoms with E-state index in [0.29, 0.717) is 19.1 Å². The van der Waals surface area contributed by atoms with Crippen LogP contribution in [-0.2, 0) is 9.47 Å². The van der Waals surface area contributed by atoms with Crippen LogP contribution in [0.3, 0.4) is 0 Å². The fraction of sp³-hybridized carbons (Fsp3) is 0.600. The lowest BCUT2D eigenvalue weighted by atomic mass is 10.4. The summed E-state index contributed by atoms with van der Waals surface area (Å²) in [5.41, 5.74) is 0. The third kappa shape index (κ3) is 2.87. The zero-order valence-corrected chi connectivity index (χ0v) is 8.84. The highest BCUT2D eigenvalue weighted by atomic mass is 16.7. The van der Waals surface area contributed by atoms with Crippen LogP contribution in [0, 0.1) is 0 Å². The highest BCUT2D eigenvalue weighted by Gasteiger charge is 2.32. The van der Waals surface area contributed by atoms with Gasteiger partial charge < -0.3 is 14.2 Å². The number of hydrogen-bond acceptors (Lipinski definition) is 5. The van der Waals surface area contributed by atoms with Gasteiger partial charge in [-0.1, -0.05) is 0 Å². The van der Waals surface area contributed by atoms with Crippen molar-refractivity contribution in [2.24, 2.45) is 0 Å². The van der Waals surface area contributed by atoms with Gasteiger partial charge in [-0.25, -0.2) is 0 Å². The standard InChI is InChI=1S/C10H14N2O3/c1-10(2)14-7-8(15-10)6-13-9-4-3-5-11-12-9/h3-5,8H,6-7H2,1-2H3/t8-/m0/s1. The molecule has 5 heteroatoms. The molecule has 1 aliphatic rings. The Morgan fingerprint density at radius 2 is 2.47 bits per heavy atom. The third-order valence-corrected chi connectivity index (χ3v) is 2.03. The summed E-state index contributed by atoms with van der Waals surface area (Å²) in [7, 11) is 0. The SMILES string of the molecule is CC1(C)OC[C@H](COc2cccnn2)O1. The quantitative estimate of drug-likeness (QED) is 0.745. The Morgan fingerprint density at radius 3 is 3.07 bits per heavy atom. The molecule has 2 rings (SSSR count). The van der Waals surface area contributed by atoms with Crippen molar-refractivity contribution in [3.8, 4) is 5.88 Å². The highest BCUT2D eigenvalue weighted by molar-refractivity contribution is 5.05. The first-order valence-electron chi connectivity index (χ1n) is 4.88. The maximum atomic E-state index is 5.58. The van der Waals surface area contributed by atoms with Gasteiger partial charge in [-0.3, -0.25) is 0 Å². The fourth-order valence-electron chi connectivity index (χ4n) is 1.39. The van der Waals surface area contributed by atoms with Gasteiger partial charge in [0.2, 0.25) is 5.88 Å². The van der Waals surface area contributed by atoms with Crippen LogP contribution in [0.15, 0.2) is 18.3 Å². The molecule has 1 atom stereocenters. The van der Waals surface area contributed by atoms with Gasteiger partial charge in [-0.2, -0.15) is 5.10 Å². The van der Waals surface area contributed by atoms with Crippen molar-refractivity contribution in [1.29, 1.82) is 0 Å². The van der Waals surface area contributed by atoms with Crippen molar-refractivity contribution in [3.05, 3.63) is 18.3 Å². The summed E-state index contributed by atoms with van der Waals surface area (Å²) in [5.74, 6) is 0.00180. The number of hydrogen-bond donors (Lipinski definition) is 0. The predicted octanol–water partition coefficient (Wildman–Crippen LogP) is 1.01. The van der Waals surface area contributed by atoms with Gasteiger partial charge in [0.05, 0.1) is 6.61 Å². The molecule has 15 heavy (non-hydrogen) atoms. The third-order valence-electron chi connectivity index (χ3n) is 2.03. The molecule has 1 aromatic heterocycles. The van der Waals surface area contributed by atoms with Gasteiger partial charge in [-0.05, 0) is 19.9 Å². The van der Waals surface area contributed by atoms with Gasteiger partial charge in [-0.15, -0.1) is 5.10 Å². The highest BCUT2D eigenvalue weighted by Crippen LogP contribution is 2.22. The topological polar surface area (TPSA) is 53.5 Å². The summed E-state index contributed by atoms with van der Waals surface area (Å²) in [6.45, 7) is 4.75. The van der Waals surface area contributed by atoms with E-state index in [1.807, 2.05) is 13.8 Å². The van der Waals surface area contributed by atoms with Crippen molar-refractivity contribution < 1.29 is 14.2 Å². The first-order valence-corrected chi connectivity index (χ1v) is 4.88. The van der Waals surface area contributed by atoms with Gasteiger partial charge in [0.25, 0.3) is 0 Å². The Hall–Kier alpha value is -1.20. The summed E-state index contributed by atoms with van der Waals surface area (Å²) < 4.78 is 16.4. The monoisotopic (exact) mass is 210 g/mol. The summed E-state index contributed by atoms with van der Waals surface area (Å²) in [4.78, 5) is 0. The van der Waals surface area contributed by atoms with Gasteiger partial charge in [0.15, 0.2) is 5.79 Å². The molecule has 0 amide bonds. The zero-order valence-electron chi connectivity index (χ0n) is 8.84. The van der Waals surface area contributed by atoms with E-state index < -0.39 is 5.79 Å². The smallest absolute Gasteiger partial charge is 0.233 e. The summed E-state index contributed by atoms with van der Waals surface area (Å²) in [6, 6.07) is 3.53. The van der Waals surface area contributed by atoms with Crippen LogP contribution in [0.25, 0.3) is 0 Å². The Kier molecular flexibility index (Phi) is 2.83. The van der Waals surface area contributed by atoms with Crippen molar-refractivity contribution >= 4 is 0 Å². The second kappa shape index (κ2) is 4.12. The molecule has 0 aliphatic carbocycles. The summed E-state index contributed by atoms with van der Waals surface area (Å²) in [6.07, 6.45) is 1.56. The molecule has 0 aromatic carbocycles. The molecule has 1 saturated heterocycles. The predicted molar refractivity (Wildman–Crippen MR) is 52.4 cm³/mol. The van der Waals surface area contributed by atoms with E-state index in [2.05, 4.69) is 10.2 Å². The minimum Gasteiger partial charge on any atom is -0.474 e. The number of nitrogens with zero attached hydrogens (tertiary/aromatic N) is 2. The van der Waals surface area contributed by atoms with Crippen LogP contribution in [-0.4, -0.2) is 35.3 Å². The van der Waals surface area contributed by atoms with E-state index in [4.69, 9.17) is 14.2 Å². The second-order valence-corrected chi connectivity index (χ2v) is 3.82. The molecule has 2 heterocycles. The van der Waals surface area contributed by atoms with Gasteiger partial charge in [0.1, 0.15) is 12.7 Å². The molecule has 82 valence electrons. The van der Waals surface area contributed by atoms with E-state index >= 15 is 0 Å². The lowest BCUT2D eigenvalue weighted by Gasteiger charge is -2.16. The van der Waals surface area contributed by atoms with Crippen molar-refractivity contribution in [2.45, 2.75) is 25.7 Å². The maximum absolute atomic E-state index is 5.58. The molecule has 0 unspecified atom stereocenters. The molecule has 0 bridgehead atoms. The first-order chi connectivity index (χ1) is 7.16. The average Bonchev–Trinajstić information content (AvgIpc) is 2.57. The van der Waals surface area contributed by atoms with Crippen LogP contribution in [0.2, 0.25) is 0 Å². The van der Waals surface area contributed by atoms with Crippen LogP contribution >= 0.6 is 0 Å². The van der Waals surface area contributed by atoms with Crippen molar-refractivity contribution in [1.82, 2.24) is 10.2 Å². The van der Waals surface area contributed by atoms with Crippen LogP contribution in [0.1, 0.15) is 13.8 Å². The molecule has 0 N–H and O–H groups in total. The molecule has 1 aliphatic heterocycles. The van der Waals surface area contributed by atoms with E-state index in [1.165, 1.54) is 0 Å². The van der Waals surface area contributed by atoms with Crippen molar-refractivity contribution in [2.75, 3.05) is 13.2 Å². The Labute approximate surface area is 88.4 Å². The molecular formula is C10H14N2O3. The van der Waals surface area contributed by atoms with E-state index in [0.717, 1.165) is 0 Å². The van der Waals surface area contributed by atoms with E-state index in [-0.39, 0.29) is 6.10 Å². The maximum Gasteiger partial charge on any atom is 0.233 e. The minimum atomic E-state index is -0.504. The second-order valence-electron chi connectivity index (χ2n) is 3.82. The average molecular weight is 210 g/mol. The molecule has 0 saturated carbocycles. The van der Waals surface area contributed by atoms with Gasteiger partial charge in [0, 0.05) is 12.3 Å². The number of rotatable bonds is 3. The Morgan fingerprint density at radius 1 is 1.60 bits per heavy atom. The van der Waals surface area contributed by atoms with Crippen LogP contribution in [0.5, 0.6) is 5.88 Å². The molecular weight excluding hydrogens is 196 g/mol. The lowest BCUT2D eigenvalue weighted by molar-refractivity contribution is -0.141. The molecule has 1 fully saturated rings. The number of aromatic nitrogens is 2. The van der Waals surface area contributed by atoms with E-state index in [9.17, 15) is 0 Å². The van der Waals surface area contributed by atoms with Crippen LogP contribution < -0.4 is 4.74 Å². The molecule has 0 spiro atoms. The molecule has 0 radical (unpaired) electrons. The minimum absolute atomic E-state index is 0.0398.